The van der Waals surface area contributed by atoms with Crippen LogP contribution in [0.25, 0.3) is 5.69 Å². The number of fused-ring (bicyclic) bond motifs is 1. The molecule has 0 saturated carbocycles. The van der Waals surface area contributed by atoms with Crippen molar-refractivity contribution in [3.8, 4) is 5.69 Å². The Balaban J connectivity index is 1.34. The Morgan fingerprint density at radius 2 is 1.81 bits per heavy atom. The molecule has 8 heteroatoms. The monoisotopic (exact) mass is 449 g/mol. The molecular weight excluding hydrogens is 426 g/mol. The van der Waals surface area contributed by atoms with Gasteiger partial charge in [-0.1, -0.05) is 29.8 Å². The summed E-state index contributed by atoms with van der Waals surface area (Å²) in [5.41, 5.74) is 3.97. The summed E-state index contributed by atoms with van der Waals surface area (Å²) in [7, 11) is 0. The van der Waals surface area contributed by atoms with E-state index in [0.717, 1.165) is 29.8 Å². The average molecular weight is 450 g/mol. The summed E-state index contributed by atoms with van der Waals surface area (Å²) in [5.74, 6) is -0.0316. The highest BCUT2D eigenvalue weighted by molar-refractivity contribution is 6.29. The van der Waals surface area contributed by atoms with Crippen LogP contribution in [-0.2, 0) is 0 Å². The molecular formula is C24H24ClN5O2. The van der Waals surface area contributed by atoms with E-state index in [2.05, 4.69) is 17.0 Å². The van der Waals surface area contributed by atoms with Crippen LogP contribution in [-0.4, -0.2) is 55.5 Å². The summed E-state index contributed by atoms with van der Waals surface area (Å²) in [6.45, 7) is 5.24. The first kappa shape index (κ1) is 20.7. The van der Waals surface area contributed by atoms with E-state index in [1.54, 1.807) is 16.8 Å². The number of carbonyl (C=O) groups excluding carboxylic acids is 2. The molecule has 7 nitrogen and oxygen atoms in total. The first-order valence-corrected chi connectivity index (χ1v) is 11.2. The number of rotatable bonds is 3. The predicted molar refractivity (Wildman–Crippen MR) is 121 cm³/mol. The standard InChI is InChI=1S/C24H24ClN5O2/c1-15-21-16(2)29(24(32)22(21)30(27-15)19-6-4-3-5-7-19)18-10-12-28(13-11-18)23(31)17-8-9-20(25)26-14-17/h3-9,14,16,18H,10-13H2,1-2H3. The summed E-state index contributed by atoms with van der Waals surface area (Å²) < 4.78 is 1.77. The van der Waals surface area contributed by atoms with Gasteiger partial charge in [0.05, 0.1) is 23.0 Å². The lowest BCUT2D eigenvalue weighted by Gasteiger charge is -2.38. The van der Waals surface area contributed by atoms with Gasteiger partial charge >= 0.3 is 0 Å². The number of likely N-dealkylation sites (tertiary alicyclic amines) is 1. The number of hydrogen-bond acceptors (Lipinski definition) is 4. The number of hydrogen-bond donors (Lipinski definition) is 0. The van der Waals surface area contributed by atoms with Crippen molar-refractivity contribution in [3.05, 3.63) is 76.3 Å². The average Bonchev–Trinajstić information content (AvgIpc) is 3.30. The number of aryl methyl sites for hydroxylation is 1. The van der Waals surface area contributed by atoms with E-state index < -0.39 is 0 Å². The van der Waals surface area contributed by atoms with Crippen molar-refractivity contribution in [2.45, 2.75) is 38.8 Å². The van der Waals surface area contributed by atoms with Crippen molar-refractivity contribution < 1.29 is 9.59 Å². The van der Waals surface area contributed by atoms with E-state index in [4.69, 9.17) is 11.6 Å². The third kappa shape index (κ3) is 3.37. The van der Waals surface area contributed by atoms with Gasteiger partial charge in [-0.15, -0.1) is 0 Å². The van der Waals surface area contributed by atoms with Crippen molar-refractivity contribution in [3.63, 3.8) is 0 Å². The van der Waals surface area contributed by atoms with Gasteiger partial charge in [-0.3, -0.25) is 9.59 Å². The minimum Gasteiger partial charge on any atom is -0.338 e. The molecule has 0 bridgehead atoms. The molecule has 1 fully saturated rings. The Morgan fingerprint density at radius 3 is 2.47 bits per heavy atom. The van der Waals surface area contributed by atoms with Crippen LogP contribution in [0.5, 0.6) is 0 Å². The number of piperidine rings is 1. The molecule has 32 heavy (non-hydrogen) atoms. The molecule has 0 N–H and O–H groups in total. The van der Waals surface area contributed by atoms with Crippen molar-refractivity contribution in [2.75, 3.05) is 13.1 Å². The maximum Gasteiger partial charge on any atom is 0.273 e. The Labute approximate surface area is 191 Å². The Bertz CT molecular complexity index is 1170. The summed E-state index contributed by atoms with van der Waals surface area (Å²) in [4.78, 5) is 34.2. The van der Waals surface area contributed by atoms with Crippen LogP contribution in [0.4, 0.5) is 0 Å². The lowest BCUT2D eigenvalue weighted by atomic mass is 10.0. The number of aromatic nitrogens is 3. The van der Waals surface area contributed by atoms with E-state index in [1.165, 1.54) is 6.20 Å². The van der Waals surface area contributed by atoms with Crippen LogP contribution in [0.1, 0.15) is 57.9 Å². The van der Waals surface area contributed by atoms with E-state index in [0.29, 0.717) is 29.5 Å². The normalized spacial score (nSPS) is 18.8. The zero-order chi connectivity index (χ0) is 22.4. The van der Waals surface area contributed by atoms with E-state index in [1.807, 2.05) is 47.1 Å². The van der Waals surface area contributed by atoms with Gasteiger partial charge in [0.2, 0.25) is 0 Å². The van der Waals surface area contributed by atoms with Crippen LogP contribution < -0.4 is 0 Å². The highest BCUT2D eigenvalue weighted by Gasteiger charge is 2.44. The minimum atomic E-state index is -0.0488. The molecule has 3 aromatic rings. The molecule has 1 unspecified atom stereocenters. The number of para-hydroxylation sites is 1. The summed E-state index contributed by atoms with van der Waals surface area (Å²) in [6, 6.07) is 13.1. The van der Waals surface area contributed by atoms with Crippen LogP contribution in [0.2, 0.25) is 5.15 Å². The second-order valence-electron chi connectivity index (χ2n) is 8.38. The maximum atomic E-state index is 13.5. The fourth-order valence-corrected chi connectivity index (χ4v) is 5.06. The fourth-order valence-electron chi connectivity index (χ4n) is 4.95. The van der Waals surface area contributed by atoms with Crippen molar-refractivity contribution >= 4 is 23.4 Å². The van der Waals surface area contributed by atoms with Crippen LogP contribution >= 0.6 is 11.6 Å². The van der Waals surface area contributed by atoms with E-state index in [9.17, 15) is 9.59 Å². The highest BCUT2D eigenvalue weighted by Crippen LogP contribution is 2.40. The van der Waals surface area contributed by atoms with Gasteiger partial charge in [0, 0.05) is 30.9 Å². The number of pyridine rings is 1. The van der Waals surface area contributed by atoms with Gasteiger partial charge in [-0.05, 0) is 51.0 Å². The number of nitrogens with zero attached hydrogens (tertiary/aromatic N) is 5. The van der Waals surface area contributed by atoms with Gasteiger partial charge in [0.25, 0.3) is 11.8 Å². The third-order valence-corrected chi connectivity index (χ3v) is 6.72. The lowest BCUT2D eigenvalue weighted by Crippen LogP contribution is -2.47. The molecule has 0 radical (unpaired) electrons. The maximum absolute atomic E-state index is 13.5. The van der Waals surface area contributed by atoms with E-state index >= 15 is 0 Å². The molecule has 0 spiro atoms. The summed E-state index contributed by atoms with van der Waals surface area (Å²) >= 11 is 5.83. The molecule has 164 valence electrons. The van der Waals surface area contributed by atoms with E-state index in [-0.39, 0.29) is 23.9 Å². The molecule has 5 rings (SSSR count). The fraction of sp³-hybridized carbons (Fsp3) is 0.333. The Kier molecular flexibility index (Phi) is 5.21. The van der Waals surface area contributed by atoms with Gasteiger partial charge in [-0.2, -0.15) is 5.10 Å². The van der Waals surface area contributed by atoms with Crippen molar-refractivity contribution in [2.24, 2.45) is 0 Å². The zero-order valence-electron chi connectivity index (χ0n) is 18.0. The largest absolute Gasteiger partial charge is 0.338 e. The quantitative estimate of drug-likeness (QED) is 0.565. The highest BCUT2D eigenvalue weighted by atomic mass is 35.5. The predicted octanol–water partition coefficient (Wildman–Crippen LogP) is 4.05. The number of carbonyl (C=O) groups is 2. The van der Waals surface area contributed by atoms with Gasteiger partial charge in [0.15, 0.2) is 0 Å². The SMILES string of the molecule is Cc1nn(-c2ccccc2)c2c1C(C)N(C1CCN(C(=O)c3ccc(Cl)nc3)CC1)C2=O. The van der Waals surface area contributed by atoms with Crippen LogP contribution in [0.15, 0.2) is 48.7 Å². The number of amides is 2. The summed E-state index contributed by atoms with van der Waals surface area (Å²) in [5, 5.41) is 5.03. The Morgan fingerprint density at radius 1 is 1.09 bits per heavy atom. The molecule has 1 aromatic carbocycles. The first-order valence-electron chi connectivity index (χ1n) is 10.8. The minimum absolute atomic E-state index is 0.0173. The Hall–Kier alpha value is -3.19. The molecule has 2 aromatic heterocycles. The second kappa shape index (κ2) is 8.06. The third-order valence-electron chi connectivity index (χ3n) is 6.50. The topological polar surface area (TPSA) is 71.3 Å². The van der Waals surface area contributed by atoms with Crippen LogP contribution in [0, 0.1) is 6.92 Å². The number of benzene rings is 1. The molecule has 1 atom stereocenters. The second-order valence-corrected chi connectivity index (χ2v) is 8.76. The smallest absolute Gasteiger partial charge is 0.273 e. The molecule has 2 aliphatic rings. The van der Waals surface area contributed by atoms with Crippen LogP contribution in [0.3, 0.4) is 0 Å². The van der Waals surface area contributed by atoms with Crippen molar-refractivity contribution in [1.82, 2.24) is 24.6 Å². The first-order chi connectivity index (χ1) is 15.5. The molecule has 1 saturated heterocycles. The molecule has 2 aliphatic heterocycles. The summed E-state index contributed by atoms with van der Waals surface area (Å²) in [6.07, 6.45) is 2.99. The number of halogens is 1. The van der Waals surface area contributed by atoms with Gasteiger partial charge in [-0.25, -0.2) is 9.67 Å². The molecule has 4 heterocycles. The molecule has 0 aliphatic carbocycles. The zero-order valence-corrected chi connectivity index (χ0v) is 18.8. The molecule has 2 amide bonds. The van der Waals surface area contributed by atoms with Crippen molar-refractivity contribution in [1.29, 1.82) is 0 Å². The van der Waals surface area contributed by atoms with Gasteiger partial charge < -0.3 is 9.80 Å². The lowest BCUT2D eigenvalue weighted by molar-refractivity contribution is 0.0470. The van der Waals surface area contributed by atoms with Gasteiger partial charge in [0.1, 0.15) is 10.8 Å².